The number of carboxylic acids is 1. The van der Waals surface area contributed by atoms with Crippen molar-refractivity contribution in [3.05, 3.63) is 22.7 Å². The lowest BCUT2D eigenvalue weighted by Crippen LogP contribution is -2.38. The molecule has 4 N–H and O–H groups in total. The minimum absolute atomic E-state index is 0.307. The maximum Gasteiger partial charge on any atom is 0.306 e. The van der Waals surface area contributed by atoms with Crippen molar-refractivity contribution in [1.29, 1.82) is 0 Å². The molecule has 0 heterocycles. The first-order valence-corrected chi connectivity index (χ1v) is 8.30. The summed E-state index contributed by atoms with van der Waals surface area (Å²) in [6.07, 6.45) is 2.16. The number of aliphatic carboxylic acids is 1. The van der Waals surface area contributed by atoms with Crippen molar-refractivity contribution in [3.8, 4) is 0 Å². The summed E-state index contributed by atoms with van der Waals surface area (Å²) < 4.78 is 0.931. The number of anilines is 1. The number of rotatable bonds is 4. The van der Waals surface area contributed by atoms with E-state index in [0.717, 1.165) is 9.37 Å². The van der Waals surface area contributed by atoms with E-state index in [9.17, 15) is 9.90 Å². The molecule has 0 unspecified atom stereocenters. The maximum absolute atomic E-state index is 10.9. The summed E-state index contributed by atoms with van der Waals surface area (Å²) in [6, 6.07) is 5.69. The second-order valence-electron chi connectivity index (χ2n) is 5.31. The van der Waals surface area contributed by atoms with E-state index in [1.807, 2.05) is 18.2 Å². The molecule has 0 amide bonds. The first-order chi connectivity index (χ1) is 9.39. The van der Waals surface area contributed by atoms with E-state index in [1.165, 1.54) is 11.8 Å². The van der Waals surface area contributed by atoms with Crippen LogP contribution < -0.4 is 5.73 Å². The average molecular weight is 360 g/mol. The molecule has 1 saturated carbocycles. The Kier molecular flexibility index (Phi) is 4.99. The van der Waals surface area contributed by atoms with Crippen LogP contribution in [0.5, 0.6) is 0 Å². The number of hydrogen-bond donors (Lipinski definition) is 3. The van der Waals surface area contributed by atoms with Crippen LogP contribution in [0.3, 0.4) is 0 Å². The molecule has 0 aliphatic heterocycles. The molecular weight excluding hydrogens is 342 g/mol. The molecule has 6 heteroatoms. The fraction of sp³-hybridized carbons (Fsp3) is 0.500. The molecule has 4 nitrogen and oxygen atoms in total. The number of carboxylic acid groups (broad SMARTS) is 1. The average Bonchev–Trinajstić information content (AvgIpc) is 2.38. The lowest BCUT2D eigenvalue weighted by Gasteiger charge is -2.34. The lowest BCUT2D eigenvalue weighted by atomic mass is 9.80. The highest BCUT2D eigenvalue weighted by Gasteiger charge is 2.35. The summed E-state index contributed by atoms with van der Waals surface area (Å²) in [7, 11) is 0. The van der Waals surface area contributed by atoms with E-state index in [2.05, 4.69) is 15.9 Å². The second kappa shape index (κ2) is 6.37. The summed E-state index contributed by atoms with van der Waals surface area (Å²) >= 11 is 4.89. The molecular formula is C14H18BrNO3S. The quantitative estimate of drug-likeness (QED) is 0.568. The minimum atomic E-state index is -0.782. The molecule has 0 aromatic heterocycles. The predicted molar refractivity (Wildman–Crippen MR) is 83.8 cm³/mol. The van der Waals surface area contributed by atoms with Crippen molar-refractivity contribution in [2.45, 2.75) is 36.2 Å². The Morgan fingerprint density at radius 2 is 2.10 bits per heavy atom. The van der Waals surface area contributed by atoms with E-state index in [4.69, 9.17) is 10.8 Å². The van der Waals surface area contributed by atoms with Crippen molar-refractivity contribution in [1.82, 2.24) is 0 Å². The van der Waals surface area contributed by atoms with Gasteiger partial charge in [0.2, 0.25) is 0 Å². The first-order valence-electron chi connectivity index (χ1n) is 6.53. The van der Waals surface area contributed by atoms with Gasteiger partial charge in [0.05, 0.1) is 11.5 Å². The molecule has 20 heavy (non-hydrogen) atoms. The number of thioether (sulfide) groups is 1. The molecule has 1 aromatic carbocycles. The Balaban J connectivity index is 1.92. The van der Waals surface area contributed by atoms with Gasteiger partial charge in [0, 0.05) is 20.8 Å². The number of aliphatic hydroxyl groups is 1. The highest BCUT2D eigenvalue weighted by atomic mass is 79.9. The maximum atomic E-state index is 10.9. The predicted octanol–water partition coefficient (Wildman–Crippen LogP) is 3.13. The Bertz CT molecular complexity index is 501. The second-order valence-corrected chi connectivity index (χ2v) is 7.24. The lowest BCUT2D eigenvalue weighted by molar-refractivity contribution is -0.144. The topological polar surface area (TPSA) is 83.5 Å². The van der Waals surface area contributed by atoms with E-state index in [-0.39, 0.29) is 5.92 Å². The molecule has 0 atom stereocenters. The first kappa shape index (κ1) is 15.7. The van der Waals surface area contributed by atoms with Gasteiger partial charge in [-0.25, -0.2) is 0 Å². The van der Waals surface area contributed by atoms with Crippen molar-refractivity contribution in [3.63, 3.8) is 0 Å². The van der Waals surface area contributed by atoms with Crippen molar-refractivity contribution >= 4 is 39.3 Å². The Labute approximate surface area is 130 Å². The summed E-state index contributed by atoms with van der Waals surface area (Å²) in [5.74, 6) is -0.513. The fourth-order valence-electron chi connectivity index (χ4n) is 2.41. The van der Waals surface area contributed by atoms with Crippen LogP contribution in [0.4, 0.5) is 5.69 Å². The Hall–Kier alpha value is -0.720. The standard InChI is InChI=1S/C14H18BrNO3S/c15-10-1-2-12(11(16)7-10)20-8-14(19)5-3-9(4-6-14)13(17)18/h1-2,7,9,19H,3-6,8,16H2,(H,17,18). The molecule has 1 aromatic rings. The third kappa shape index (κ3) is 3.90. The van der Waals surface area contributed by atoms with Gasteiger partial charge < -0.3 is 15.9 Å². The highest BCUT2D eigenvalue weighted by molar-refractivity contribution is 9.10. The van der Waals surface area contributed by atoms with E-state index >= 15 is 0 Å². The molecule has 0 saturated heterocycles. The summed E-state index contributed by atoms with van der Waals surface area (Å²) in [5, 5.41) is 19.5. The third-order valence-electron chi connectivity index (χ3n) is 3.73. The zero-order chi connectivity index (χ0) is 14.8. The number of hydrogen-bond acceptors (Lipinski definition) is 4. The summed E-state index contributed by atoms with van der Waals surface area (Å²) in [4.78, 5) is 11.9. The van der Waals surface area contributed by atoms with Gasteiger partial charge >= 0.3 is 5.97 Å². The van der Waals surface area contributed by atoms with Crippen LogP contribution >= 0.6 is 27.7 Å². The SMILES string of the molecule is Nc1cc(Br)ccc1SCC1(O)CCC(C(=O)O)CC1. The fourth-order valence-corrected chi connectivity index (χ4v) is 3.89. The largest absolute Gasteiger partial charge is 0.481 e. The zero-order valence-corrected chi connectivity index (χ0v) is 13.4. The van der Waals surface area contributed by atoms with Gasteiger partial charge in [-0.3, -0.25) is 4.79 Å². The molecule has 110 valence electrons. The van der Waals surface area contributed by atoms with Crippen LogP contribution in [0.2, 0.25) is 0 Å². The van der Waals surface area contributed by atoms with Crippen molar-refractivity contribution in [2.75, 3.05) is 11.5 Å². The van der Waals surface area contributed by atoms with Gasteiger partial charge in [-0.2, -0.15) is 0 Å². The van der Waals surface area contributed by atoms with Gasteiger partial charge in [-0.15, -0.1) is 11.8 Å². The minimum Gasteiger partial charge on any atom is -0.481 e. The Morgan fingerprint density at radius 3 is 2.65 bits per heavy atom. The zero-order valence-electron chi connectivity index (χ0n) is 11.0. The molecule has 0 bridgehead atoms. The Morgan fingerprint density at radius 1 is 1.45 bits per heavy atom. The monoisotopic (exact) mass is 359 g/mol. The highest BCUT2D eigenvalue weighted by Crippen LogP contribution is 2.37. The van der Waals surface area contributed by atoms with Crippen LogP contribution in [-0.2, 0) is 4.79 Å². The van der Waals surface area contributed by atoms with Crippen LogP contribution in [0.1, 0.15) is 25.7 Å². The van der Waals surface area contributed by atoms with Gasteiger partial charge in [0.25, 0.3) is 0 Å². The molecule has 1 aliphatic rings. The molecule has 0 radical (unpaired) electrons. The molecule has 1 aliphatic carbocycles. The van der Waals surface area contributed by atoms with Crippen LogP contribution in [0.25, 0.3) is 0 Å². The van der Waals surface area contributed by atoms with E-state index < -0.39 is 11.6 Å². The number of benzene rings is 1. The third-order valence-corrected chi connectivity index (χ3v) is 5.59. The number of nitrogen functional groups attached to an aromatic ring is 1. The van der Waals surface area contributed by atoms with Crippen LogP contribution in [-0.4, -0.2) is 27.5 Å². The number of nitrogens with two attached hydrogens (primary N) is 1. The molecule has 2 rings (SSSR count). The van der Waals surface area contributed by atoms with Crippen molar-refractivity contribution in [2.24, 2.45) is 5.92 Å². The van der Waals surface area contributed by atoms with Crippen LogP contribution in [0, 0.1) is 5.92 Å². The number of halogens is 1. The number of carbonyl (C=O) groups is 1. The molecule has 0 spiro atoms. The van der Waals surface area contributed by atoms with Gasteiger partial charge in [0.15, 0.2) is 0 Å². The molecule has 1 fully saturated rings. The van der Waals surface area contributed by atoms with Gasteiger partial charge in [0.1, 0.15) is 0 Å². The summed E-state index contributed by atoms with van der Waals surface area (Å²) in [5.41, 5.74) is 5.84. The summed E-state index contributed by atoms with van der Waals surface area (Å²) in [6.45, 7) is 0. The van der Waals surface area contributed by atoms with Gasteiger partial charge in [-0.1, -0.05) is 15.9 Å². The van der Waals surface area contributed by atoms with E-state index in [0.29, 0.717) is 37.1 Å². The van der Waals surface area contributed by atoms with Crippen molar-refractivity contribution < 1.29 is 15.0 Å². The normalized spacial score (nSPS) is 26.4. The van der Waals surface area contributed by atoms with E-state index in [1.54, 1.807) is 0 Å². The smallest absolute Gasteiger partial charge is 0.306 e. The van der Waals surface area contributed by atoms with Crippen LogP contribution in [0.15, 0.2) is 27.6 Å². The van der Waals surface area contributed by atoms with Gasteiger partial charge in [-0.05, 0) is 43.9 Å².